The minimum absolute atomic E-state index is 0.0219. The molecule has 0 radical (unpaired) electrons. The second kappa shape index (κ2) is 16.1. The molecule has 0 fully saturated rings. The zero-order valence-electron chi connectivity index (χ0n) is 26.3. The Labute approximate surface area is 314 Å². The van der Waals surface area contributed by atoms with Crippen LogP contribution < -0.4 is 0 Å². The molecule has 0 saturated heterocycles. The summed E-state index contributed by atoms with van der Waals surface area (Å²) in [6.07, 6.45) is 0.170. The van der Waals surface area contributed by atoms with Gasteiger partial charge in [0.05, 0.1) is 10.0 Å². The highest BCUT2D eigenvalue weighted by atomic mass is 35.5. The smallest absolute Gasteiger partial charge is 0.247 e. The molecule has 0 aliphatic carbocycles. The van der Waals surface area contributed by atoms with Crippen LogP contribution in [-0.2, 0) is 46.1 Å². The highest BCUT2D eigenvalue weighted by molar-refractivity contribution is 7.89. The van der Waals surface area contributed by atoms with Crippen LogP contribution in [0.5, 0.6) is 11.5 Å². The van der Waals surface area contributed by atoms with Crippen molar-refractivity contribution in [2.45, 2.75) is 35.8 Å². The van der Waals surface area contributed by atoms with E-state index in [9.17, 15) is 35.8 Å². The summed E-state index contributed by atoms with van der Waals surface area (Å²) >= 11 is 24.3. The molecule has 268 valence electrons. The molecule has 0 aliphatic heterocycles. The van der Waals surface area contributed by atoms with Crippen LogP contribution in [0.4, 0.5) is 8.78 Å². The van der Waals surface area contributed by atoms with Crippen molar-refractivity contribution in [3.8, 4) is 11.5 Å². The summed E-state index contributed by atoms with van der Waals surface area (Å²) < 4.78 is 85.5. The first-order chi connectivity index (χ1) is 24.0. The van der Waals surface area contributed by atoms with Crippen LogP contribution in [0.3, 0.4) is 0 Å². The Bertz CT molecular complexity index is 2280. The molecular formula is C35H28Cl4F2N2O6S2. The molecule has 5 aromatic rings. The minimum atomic E-state index is -4.50. The maximum atomic E-state index is 14.0. The fourth-order valence-corrected chi connectivity index (χ4v) is 9.53. The van der Waals surface area contributed by atoms with Crippen molar-refractivity contribution in [3.05, 3.63) is 151 Å². The van der Waals surface area contributed by atoms with Crippen LogP contribution in [0.15, 0.2) is 107 Å². The molecule has 51 heavy (non-hydrogen) atoms. The first-order valence-electron chi connectivity index (χ1n) is 15.0. The van der Waals surface area contributed by atoms with Gasteiger partial charge in [0.2, 0.25) is 20.0 Å². The van der Waals surface area contributed by atoms with Gasteiger partial charge < -0.3 is 10.2 Å². The highest BCUT2D eigenvalue weighted by Gasteiger charge is 2.31. The molecular weight excluding hydrogens is 788 g/mol. The Morgan fingerprint density at radius 1 is 0.529 bits per heavy atom. The summed E-state index contributed by atoms with van der Waals surface area (Å²) in [5.41, 5.74) is 1.94. The molecule has 5 aromatic carbocycles. The molecule has 0 aromatic heterocycles. The number of sulfonamides is 2. The van der Waals surface area contributed by atoms with Gasteiger partial charge in [0.15, 0.2) is 11.5 Å². The predicted octanol–water partition coefficient (Wildman–Crippen LogP) is 8.81. The van der Waals surface area contributed by atoms with Gasteiger partial charge in [0.1, 0.15) is 21.4 Å². The van der Waals surface area contributed by atoms with Gasteiger partial charge in [-0.05, 0) is 77.2 Å². The second-order valence-corrected chi connectivity index (χ2v) is 16.9. The number of rotatable bonds is 13. The summed E-state index contributed by atoms with van der Waals surface area (Å²) in [5.74, 6) is -2.37. The van der Waals surface area contributed by atoms with Crippen molar-refractivity contribution >= 4 is 66.5 Å². The molecule has 0 aliphatic rings. The van der Waals surface area contributed by atoms with E-state index in [1.807, 2.05) is 0 Å². The summed E-state index contributed by atoms with van der Waals surface area (Å²) in [6, 6.07) is 21.8. The fraction of sp³-hybridized carbons (Fsp3) is 0.143. The molecule has 0 bridgehead atoms. The van der Waals surface area contributed by atoms with E-state index in [0.717, 1.165) is 20.7 Å². The van der Waals surface area contributed by atoms with Gasteiger partial charge in [-0.15, -0.1) is 0 Å². The second-order valence-electron chi connectivity index (χ2n) is 11.4. The van der Waals surface area contributed by atoms with Gasteiger partial charge in [0.25, 0.3) is 0 Å². The van der Waals surface area contributed by atoms with Crippen LogP contribution >= 0.6 is 46.4 Å². The molecule has 0 saturated carbocycles. The number of halogens is 6. The molecule has 2 N–H and O–H groups in total. The first kappa shape index (κ1) is 38.8. The zero-order valence-corrected chi connectivity index (χ0v) is 30.9. The van der Waals surface area contributed by atoms with Gasteiger partial charge in [0, 0.05) is 36.2 Å². The van der Waals surface area contributed by atoms with E-state index in [2.05, 4.69) is 0 Å². The third-order valence-electron chi connectivity index (χ3n) is 7.77. The topological polar surface area (TPSA) is 115 Å². The molecule has 8 nitrogen and oxygen atoms in total. The van der Waals surface area contributed by atoms with E-state index in [0.29, 0.717) is 22.3 Å². The third kappa shape index (κ3) is 9.32. The van der Waals surface area contributed by atoms with E-state index in [4.69, 9.17) is 46.4 Å². The average Bonchev–Trinajstić information content (AvgIpc) is 3.07. The lowest BCUT2D eigenvalue weighted by Gasteiger charge is -2.25. The molecule has 0 unspecified atom stereocenters. The van der Waals surface area contributed by atoms with Crippen molar-refractivity contribution in [2.75, 3.05) is 6.54 Å². The number of phenols is 2. The minimum Gasteiger partial charge on any atom is -0.505 e. The SMILES string of the molecule is O=S(=O)(c1cc(Cl)cc(Cl)c1O)N(CCc1ccc(F)cc1)Cc1cccc(CN(Cc2ccc(F)cc2)S(=O)(=O)c2cc(Cl)cc(Cl)c2O)c1. The Morgan fingerprint density at radius 3 is 1.43 bits per heavy atom. The molecule has 5 rings (SSSR count). The number of hydrogen-bond acceptors (Lipinski definition) is 6. The Kier molecular flexibility index (Phi) is 12.2. The maximum Gasteiger partial charge on any atom is 0.247 e. The van der Waals surface area contributed by atoms with Crippen LogP contribution in [0, 0.1) is 11.6 Å². The lowest BCUT2D eigenvalue weighted by atomic mass is 10.1. The van der Waals surface area contributed by atoms with Crippen molar-refractivity contribution in [1.29, 1.82) is 0 Å². The average molecular weight is 817 g/mol. The van der Waals surface area contributed by atoms with Crippen LogP contribution in [0.1, 0.15) is 22.3 Å². The van der Waals surface area contributed by atoms with Crippen LogP contribution in [0.2, 0.25) is 20.1 Å². The van der Waals surface area contributed by atoms with Gasteiger partial charge in [-0.2, -0.15) is 8.61 Å². The number of nitrogens with zero attached hydrogens (tertiary/aromatic N) is 2. The summed E-state index contributed by atoms with van der Waals surface area (Å²) in [6.45, 7) is -0.870. The summed E-state index contributed by atoms with van der Waals surface area (Å²) in [4.78, 5) is -1.07. The quantitative estimate of drug-likeness (QED) is 0.123. The number of aromatic hydroxyl groups is 2. The summed E-state index contributed by atoms with van der Waals surface area (Å²) in [5, 5.41) is 20.7. The number of phenolic OH excluding ortho intramolecular Hbond substituents is 2. The molecule has 0 atom stereocenters. The fourth-order valence-electron chi connectivity index (χ4n) is 5.20. The van der Waals surface area contributed by atoms with Gasteiger partial charge in [-0.25, -0.2) is 25.6 Å². The van der Waals surface area contributed by atoms with E-state index in [1.165, 1.54) is 60.7 Å². The van der Waals surface area contributed by atoms with E-state index in [-0.39, 0.29) is 52.7 Å². The Hall–Kier alpha value is -3.46. The number of benzene rings is 5. The molecule has 0 amide bonds. The normalized spacial score (nSPS) is 12.2. The maximum absolute atomic E-state index is 14.0. The Balaban J connectivity index is 1.51. The highest BCUT2D eigenvalue weighted by Crippen LogP contribution is 2.38. The van der Waals surface area contributed by atoms with E-state index < -0.39 is 53.0 Å². The third-order valence-corrected chi connectivity index (χ3v) is 12.4. The summed E-state index contributed by atoms with van der Waals surface area (Å²) in [7, 11) is -8.95. The standard InChI is InChI=1S/C35H28Cl4F2N2O6S2/c36-26-15-30(38)34(44)32(17-26)50(46,47)42(13-12-22-4-8-28(40)9-5-22)20-24-2-1-3-25(14-24)21-43(19-23-6-10-29(41)11-7-23)51(48,49)33-18-27(37)16-31(39)35(33)45/h1-11,14-18,44-45H,12-13,19-21H2. The predicted molar refractivity (Wildman–Crippen MR) is 193 cm³/mol. The van der Waals surface area contributed by atoms with Crippen molar-refractivity contribution in [3.63, 3.8) is 0 Å². The monoisotopic (exact) mass is 814 g/mol. The number of hydrogen-bond donors (Lipinski definition) is 2. The Morgan fingerprint density at radius 2 is 0.941 bits per heavy atom. The first-order valence-corrected chi connectivity index (χ1v) is 19.4. The lowest BCUT2D eigenvalue weighted by molar-refractivity contribution is 0.393. The van der Waals surface area contributed by atoms with Gasteiger partial charge >= 0.3 is 0 Å². The zero-order chi connectivity index (χ0) is 37.1. The van der Waals surface area contributed by atoms with Crippen LogP contribution in [0.25, 0.3) is 0 Å². The molecule has 0 spiro atoms. The van der Waals surface area contributed by atoms with E-state index >= 15 is 0 Å². The largest absolute Gasteiger partial charge is 0.505 e. The van der Waals surface area contributed by atoms with Crippen molar-refractivity contribution in [1.82, 2.24) is 8.61 Å². The van der Waals surface area contributed by atoms with Crippen molar-refractivity contribution < 1.29 is 35.8 Å². The van der Waals surface area contributed by atoms with E-state index in [1.54, 1.807) is 24.3 Å². The van der Waals surface area contributed by atoms with Gasteiger partial charge in [-0.1, -0.05) is 94.9 Å². The molecule has 16 heteroatoms. The van der Waals surface area contributed by atoms with Crippen LogP contribution in [-0.4, -0.2) is 42.2 Å². The van der Waals surface area contributed by atoms with Gasteiger partial charge in [-0.3, -0.25) is 0 Å². The van der Waals surface area contributed by atoms with Crippen molar-refractivity contribution in [2.24, 2.45) is 0 Å². The molecule has 0 heterocycles. The lowest BCUT2D eigenvalue weighted by Crippen LogP contribution is -2.33.